The molecule has 0 fully saturated rings. The number of hydrogen-bond donors (Lipinski definition) is 1. The van der Waals surface area contributed by atoms with Crippen molar-refractivity contribution in [1.29, 1.82) is 0 Å². The Labute approximate surface area is 122 Å². The van der Waals surface area contributed by atoms with Crippen LogP contribution in [0.5, 0.6) is 0 Å². The van der Waals surface area contributed by atoms with Crippen molar-refractivity contribution in [3.05, 3.63) is 71.7 Å². The minimum Gasteiger partial charge on any atom is -0.398 e. The van der Waals surface area contributed by atoms with Gasteiger partial charge in [-0.2, -0.15) is 0 Å². The van der Waals surface area contributed by atoms with E-state index in [-0.39, 0.29) is 12.4 Å². The van der Waals surface area contributed by atoms with E-state index in [0.717, 1.165) is 16.5 Å². The zero-order chi connectivity index (χ0) is 14.7. The quantitative estimate of drug-likeness (QED) is 0.743. The van der Waals surface area contributed by atoms with Crippen LogP contribution in [0.2, 0.25) is 0 Å². The first-order valence-corrected chi connectivity index (χ1v) is 6.69. The molecule has 0 aliphatic rings. The van der Waals surface area contributed by atoms with Gasteiger partial charge in [-0.3, -0.25) is 4.98 Å². The summed E-state index contributed by atoms with van der Waals surface area (Å²) in [4.78, 5) is 4.35. The highest BCUT2D eigenvalue weighted by Crippen LogP contribution is 2.23. The third-order valence-electron chi connectivity index (χ3n) is 3.36. The molecule has 0 unspecified atom stereocenters. The Bertz CT molecular complexity index is 774. The Hall–Kier alpha value is -2.46. The molecule has 4 heteroatoms. The van der Waals surface area contributed by atoms with E-state index in [2.05, 4.69) is 4.98 Å². The lowest BCUT2D eigenvalue weighted by atomic mass is 10.1. The van der Waals surface area contributed by atoms with Crippen LogP contribution in [-0.2, 0) is 18.0 Å². The molecule has 1 aromatic heterocycles. The Kier molecular flexibility index (Phi) is 3.79. The summed E-state index contributed by atoms with van der Waals surface area (Å²) >= 11 is 0. The number of aromatic nitrogens is 1. The lowest BCUT2D eigenvalue weighted by Crippen LogP contribution is -1.99. The Balaban J connectivity index is 1.77. The number of ether oxygens (including phenoxy) is 1. The number of nitrogens with zero attached hydrogens (tertiary/aromatic N) is 1. The topological polar surface area (TPSA) is 48.1 Å². The van der Waals surface area contributed by atoms with E-state index in [1.165, 1.54) is 6.07 Å². The molecule has 3 nitrogen and oxygen atoms in total. The molecule has 0 spiro atoms. The average Bonchev–Trinajstić information content (AvgIpc) is 2.52. The smallest absolute Gasteiger partial charge is 0.128 e. The molecule has 0 radical (unpaired) electrons. The third kappa shape index (κ3) is 2.85. The van der Waals surface area contributed by atoms with Gasteiger partial charge >= 0.3 is 0 Å². The van der Waals surface area contributed by atoms with Crippen LogP contribution >= 0.6 is 0 Å². The largest absolute Gasteiger partial charge is 0.398 e. The van der Waals surface area contributed by atoms with Crippen LogP contribution in [0.15, 0.2) is 54.7 Å². The van der Waals surface area contributed by atoms with Gasteiger partial charge in [0.2, 0.25) is 0 Å². The van der Waals surface area contributed by atoms with Crippen LogP contribution in [0, 0.1) is 5.82 Å². The summed E-state index contributed by atoms with van der Waals surface area (Å²) in [6, 6.07) is 14.1. The van der Waals surface area contributed by atoms with Crippen LogP contribution in [0.3, 0.4) is 0 Å². The van der Waals surface area contributed by atoms with E-state index in [4.69, 9.17) is 10.5 Å². The van der Waals surface area contributed by atoms with Gasteiger partial charge in [-0.05, 0) is 24.3 Å². The molecule has 0 saturated carbocycles. The van der Waals surface area contributed by atoms with E-state index in [9.17, 15) is 4.39 Å². The molecule has 0 atom stereocenters. The fraction of sp³-hybridized carbons (Fsp3) is 0.118. The van der Waals surface area contributed by atoms with E-state index in [0.29, 0.717) is 17.9 Å². The maximum absolute atomic E-state index is 13.5. The molecule has 1 heterocycles. The first-order chi connectivity index (χ1) is 10.3. The van der Waals surface area contributed by atoms with E-state index >= 15 is 0 Å². The molecule has 0 aliphatic heterocycles. The molecule has 0 bridgehead atoms. The van der Waals surface area contributed by atoms with Crippen molar-refractivity contribution in [2.75, 3.05) is 5.73 Å². The van der Waals surface area contributed by atoms with Gasteiger partial charge in [-0.25, -0.2) is 4.39 Å². The van der Waals surface area contributed by atoms with Crippen molar-refractivity contribution in [3.8, 4) is 0 Å². The predicted octanol–water partition coefficient (Wildman–Crippen LogP) is 3.67. The van der Waals surface area contributed by atoms with Gasteiger partial charge in [0.25, 0.3) is 0 Å². The normalized spacial score (nSPS) is 10.9. The molecule has 21 heavy (non-hydrogen) atoms. The molecular formula is C17H15FN2O. The van der Waals surface area contributed by atoms with Crippen molar-refractivity contribution in [1.82, 2.24) is 4.98 Å². The second-order valence-electron chi connectivity index (χ2n) is 4.80. The maximum Gasteiger partial charge on any atom is 0.128 e. The highest BCUT2D eigenvalue weighted by Gasteiger charge is 2.06. The van der Waals surface area contributed by atoms with Crippen LogP contribution in [0.25, 0.3) is 10.9 Å². The Morgan fingerprint density at radius 3 is 2.62 bits per heavy atom. The maximum atomic E-state index is 13.5. The zero-order valence-electron chi connectivity index (χ0n) is 11.4. The monoisotopic (exact) mass is 282 g/mol. The molecule has 3 aromatic rings. The van der Waals surface area contributed by atoms with Gasteiger partial charge < -0.3 is 10.5 Å². The average molecular weight is 282 g/mol. The summed E-state index contributed by atoms with van der Waals surface area (Å²) in [6.07, 6.45) is 1.72. The second-order valence-corrected chi connectivity index (χ2v) is 4.80. The van der Waals surface area contributed by atoms with Gasteiger partial charge in [0.1, 0.15) is 5.82 Å². The molecule has 0 saturated heterocycles. The number of benzene rings is 2. The number of fused-ring (bicyclic) bond motifs is 1. The molecule has 3 rings (SSSR count). The van der Waals surface area contributed by atoms with E-state index < -0.39 is 0 Å². The van der Waals surface area contributed by atoms with E-state index in [1.54, 1.807) is 24.4 Å². The van der Waals surface area contributed by atoms with Crippen molar-refractivity contribution in [3.63, 3.8) is 0 Å². The summed E-state index contributed by atoms with van der Waals surface area (Å²) in [5.74, 6) is -0.252. The lowest BCUT2D eigenvalue weighted by molar-refractivity contribution is 0.105. The molecular weight excluding hydrogens is 267 g/mol. The lowest BCUT2D eigenvalue weighted by Gasteiger charge is -2.09. The predicted molar refractivity (Wildman–Crippen MR) is 81.0 cm³/mol. The van der Waals surface area contributed by atoms with Crippen molar-refractivity contribution in [2.24, 2.45) is 0 Å². The zero-order valence-corrected chi connectivity index (χ0v) is 11.4. The Morgan fingerprint density at radius 1 is 0.952 bits per heavy atom. The van der Waals surface area contributed by atoms with Crippen molar-refractivity contribution in [2.45, 2.75) is 13.2 Å². The number of rotatable bonds is 4. The number of nitrogens with two attached hydrogens (primary N) is 1. The summed E-state index contributed by atoms with van der Waals surface area (Å²) in [5.41, 5.74) is 8.94. The summed E-state index contributed by atoms with van der Waals surface area (Å²) in [6.45, 7) is 0.591. The van der Waals surface area contributed by atoms with E-state index in [1.807, 2.05) is 24.3 Å². The molecule has 2 N–H and O–H groups in total. The van der Waals surface area contributed by atoms with Crippen LogP contribution < -0.4 is 5.73 Å². The fourth-order valence-electron chi connectivity index (χ4n) is 2.26. The highest BCUT2D eigenvalue weighted by molar-refractivity contribution is 5.92. The van der Waals surface area contributed by atoms with Gasteiger partial charge in [0.05, 0.1) is 18.7 Å². The summed E-state index contributed by atoms with van der Waals surface area (Å²) in [7, 11) is 0. The fourth-order valence-corrected chi connectivity index (χ4v) is 2.26. The van der Waals surface area contributed by atoms with Crippen LogP contribution in [0.1, 0.15) is 11.1 Å². The van der Waals surface area contributed by atoms with Crippen LogP contribution in [-0.4, -0.2) is 4.98 Å². The van der Waals surface area contributed by atoms with Crippen molar-refractivity contribution >= 4 is 16.6 Å². The summed E-state index contributed by atoms with van der Waals surface area (Å²) in [5, 5.41) is 0.907. The van der Waals surface area contributed by atoms with Crippen LogP contribution in [0.4, 0.5) is 10.1 Å². The minimum atomic E-state index is -0.252. The minimum absolute atomic E-state index is 0.228. The Morgan fingerprint density at radius 2 is 1.76 bits per heavy atom. The number of nitrogen functional groups attached to an aromatic ring is 1. The van der Waals surface area contributed by atoms with Crippen molar-refractivity contribution < 1.29 is 9.13 Å². The van der Waals surface area contributed by atoms with Gasteiger partial charge in [-0.1, -0.05) is 24.3 Å². The molecule has 2 aromatic carbocycles. The SMILES string of the molecule is Nc1ccc(COCc2ccccc2F)c2ncccc12. The highest BCUT2D eigenvalue weighted by atomic mass is 19.1. The number of pyridine rings is 1. The van der Waals surface area contributed by atoms with Gasteiger partial charge in [0.15, 0.2) is 0 Å². The molecule has 106 valence electrons. The molecule has 0 amide bonds. The first-order valence-electron chi connectivity index (χ1n) is 6.69. The first kappa shape index (κ1) is 13.5. The number of hydrogen-bond acceptors (Lipinski definition) is 3. The summed E-state index contributed by atoms with van der Waals surface area (Å²) < 4.78 is 19.1. The third-order valence-corrected chi connectivity index (χ3v) is 3.36. The second kappa shape index (κ2) is 5.89. The van der Waals surface area contributed by atoms with Gasteiger partial charge in [0, 0.05) is 28.4 Å². The number of anilines is 1. The standard InChI is InChI=1S/C17H15FN2O/c18-15-6-2-1-4-12(15)10-21-11-13-7-8-16(19)14-5-3-9-20-17(13)14/h1-9H,10-11,19H2. The van der Waals surface area contributed by atoms with Gasteiger partial charge in [-0.15, -0.1) is 0 Å². The number of halogens is 1. The molecule has 0 aliphatic carbocycles.